The van der Waals surface area contributed by atoms with Gasteiger partial charge in [-0.3, -0.25) is 14.7 Å². The summed E-state index contributed by atoms with van der Waals surface area (Å²) in [6.45, 7) is -0.0714. The van der Waals surface area contributed by atoms with Crippen molar-refractivity contribution in [3.63, 3.8) is 0 Å². The van der Waals surface area contributed by atoms with Gasteiger partial charge in [-0.05, 0) is 31.0 Å². The summed E-state index contributed by atoms with van der Waals surface area (Å²) in [4.78, 5) is 23.4. The van der Waals surface area contributed by atoms with Gasteiger partial charge in [0.05, 0.1) is 19.3 Å². The number of rotatable bonds is 6. The summed E-state index contributed by atoms with van der Waals surface area (Å²) < 4.78 is 5.30. The number of H-pyrrole nitrogens is 1. The van der Waals surface area contributed by atoms with Crippen molar-refractivity contribution in [2.24, 2.45) is 5.92 Å². The van der Waals surface area contributed by atoms with Crippen LogP contribution in [-0.4, -0.2) is 35.7 Å². The highest BCUT2D eigenvalue weighted by Crippen LogP contribution is 2.32. The van der Waals surface area contributed by atoms with Crippen LogP contribution in [0.1, 0.15) is 12.8 Å². The van der Waals surface area contributed by atoms with Crippen LogP contribution in [0.3, 0.4) is 0 Å². The maximum atomic E-state index is 11.9. The summed E-state index contributed by atoms with van der Waals surface area (Å²) >= 11 is 6.02. The third-order valence-electron chi connectivity index (χ3n) is 3.67. The molecule has 1 aromatic carbocycles. The monoisotopic (exact) mass is 348 g/mol. The second kappa shape index (κ2) is 6.92. The van der Waals surface area contributed by atoms with Crippen LogP contribution in [-0.2, 0) is 9.59 Å². The third-order valence-corrected chi connectivity index (χ3v) is 3.90. The highest BCUT2D eigenvalue weighted by Gasteiger charge is 2.29. The Bertz CT molecular complexity index is 770. The second-order valence-corrected chi connectivity index (χ2v) is 5.99. The zero-order valence-electron chi connectivity index (χ0n) is 13.1. The molecule has 1 fully saturated rings. The minimum absolute atomic E-state index is 0.0714. The number of nitrogens with one attached hydrogen (secondary N) is 3. The Morgan fingerprint density at radius 1 is 1.38 bits per heavy atom. The molecule has 0 aliphatic heterocycles. The summed E-state index contributed by atoms with van der Waals surface area (Å²) in [5.41, 5.74) is 1.40. The van der Waals surface area contributed by atoms with E-state index in [9.17, 15) is 9.59 Å². The van der Waals surface area contributed by atoms with Crippen LogP contribution in [0.25, 0.3) is 11.3 Å². The predicted molar refractivity (Wildman–Crippen MR) is 89.9 cm³/mol. The topological polar surface area (TPSA) is 96.1 Å². The number of aromatic nitrogens is 2. The SMILES string of the molecule is COc1ccc(Cl)cc1-c1cc(NC(=O)CNC(=O)C2CC2)n[nH]1. The lowest BCUT2D eigenvalue weighted by Crippen LogP contribution is -2.33. The van der Waals surface area contributed by atoms with Crippen molar-refractivity contribution >= 4 is 29.2 Å². The van der Waals surface area contributed by atoms with Crippen molar-refractivity contribution < 1.29 is 14.3 Å². The fourth-order valence-electron chi connectivity index (χ4n) is 2.26. The molecule has 2 aromatic rings. The molecule has 1 saturated carbocycles. The van der Waals surface area contributed by atoms with E-state index in [4.69, 9.17) is 16.3 Å². The first-order chi connectivity index (χ1) is 11.6. The molecule has 126 valence electrons. The number of ether oxygens (including phenoxy) is 1. The fraction of sp³-hybridized carbons (Fsp3) is 0.312. The van der Waals surface area contributed by atoms with Crippen molar-refractivity contribution in [1.29, 1.82) is 0 Å². The van der Waals surface area contributed by atoms with Gasteiger partial charge < -0.3 is 15.4 Å². The van der Waals surface area contributed by atoms with E-state index in [2.05, 4.69) is 20.8 Å². The van der Waals surface area contributed by atoms with Crippen LogP contribution < -0.4 is 15.4 Å². The van der Waals surface area contributed by atoms with E-state index in [1.165, 1.54) is 0 Å². The lowest BCUT2D eigenvalue weighted by Gasteiger charge is -2.06. The van der Waals surface area contributed by atoms with E-state index >= 15 is 0 Å². The largest absolute Gasteiger partial charge is 0.496 e. The Kier molecular flexibility index (Phi) is 4.71. The first-order valence-electron chi connectivity index (χ1n) is 7.53. The van der Waals surface area contributed by atoms with Crippen LogP contribution >= 0.6 is 11.6 Å². The van der Waals surface area contributed by atoms with E-state index in [0.29, 0.717) is 22.3 Å². The third kappa shape index (κ3) is 3.86. The van der Waals surface area contributed by atoms with Gasteiger partial charge in [0.2, 0.25) is 11.8 Å². The molecule has 0 bridgehead atoms. The van der Waals surface area contributed by atoms with E-state index < -0.39 is 0 Å². The van der Waals surface area contributed by atoms with Gasteiger partial charge in [0.25, 0.3) is 0 Å². The van der Waals surface area contributed by atoms with Gasteiger partial charge in [-0.1, -0.05) is 11.6 Å². The minimum atomic E-state index is -0.333. The summed E-state index contributed by atoms with van der Waals surface area (Å²) in [7, 11) is 1.56. The van der Waals surface area contributed by atoms with Crippen LogP contribution in [0.4, 0.5) is 5.82 Å². The number of amides is 2. The molecule has 1 aliphatic carbocycles. The molecule has 0 atom stereocenters. The smallest absolute Gasteiger partial charge is 0.244 e. The summed E-state index contributed by atoms with van der Waals surface area (Å²) in [5.74, 6) is 0.664. The summed E-state index contributed by atoms with van der Waals surface area (Å²) in [5, 5.41) is 12.7. The normalized spacial score (nSPS) is 13.4. The van der Waals surface area contributed by atoms with E-state index in [-0.39, 0.29) is 24.3 Å². The number of anilines is 1. The molecule has 7 nitrogen and oxygen atoms in total. The van der Waals surface area contributed by atoms with Crippen LogP contribution in [0.2, 0.25) is 5.02 Å². The van der Waals surface area contributed by atoms with Gasteiger partial charge in [0.15, 0.2) is 5.82 Å². The van der Waals surface area contributed by atoms with Gasteiger partial charge in [0, 0.05) is 22.6 Å². The average Bonchev–Trinajstić information content (AvgIpc) is 3.32. The molecule has 3 N–H and O–H groups in total. The molecule has 0 unspecified atom stereocenters. The number of nitrogens with zero attached hydrogens (tertiary/aromatic N) is 1. The van der Waals surface area contributed by atoms with Gasteiger partial charge in [-0.15, -0.1) is 0 Å². The van der Waals surface area contributed by atoms with Gasteiger partial charge in [-0.2, -0.15) is 5.10 Å². The summed E-state index contributed by atoms with van der Waals surface area (Å²) in [6.07, 6.45) is 1.80. The zero-order valence-corrected chi connectivity index (χ0v) is 13.8. The number of hydrogen-bond acceptors (Lipinski definition) is 4. The summed E-state index contributed by atoms with van der Waals surface area (Å²) in [6, 6.07) is 6.90. The Hall–Kier alpha value is -2.54. The quantitative estimate of drug-likeness (QED) is 0.745. The fourth-order valence-corrected chi connectivity index (χ4v) is 2.43. The van der Waals surface area contributed by atoms with Gasteiger partial charge >= 0.3 is 0 Å². The zero-order chi connectivity index (χ0) is 17.1. The Morgan fingerprint density at radius 3 is 2.88 bits per heavy atom. The minimum Gasteiger partial charge on any atom is -0.496 e. The number of carbonyl (C=O) groups is 2. The first kappa shape index (κ1) is 16.3. The van der Waals surface area contributed by atoms with Gasteiger partial charge in [-0.25, -0.2) is 0 Å². The molecule has 3 rings (SSSR count). The highest BCUT2D eigenvalue weighted by atomic mass is 35.5. The molecule has 0 radical (unpaired) electrons. The van der Waals surface area contributed by atoms with Crippen molar-refractivity contribution in [2.45, 2.75) is 12.8 Å². The molecule has 24 heavy (non-hydrogen) atoms. The Balaban J connectivity index is 1.64. The lowest BCUT2D eigenvalue weighted by molar-refractivity contribution is -0.125. The predicted octanol–water partition coefficient (Wildman–Crippen LogP) is 2.20. The number of methoxy groups -OCH3 is 1. The average molecular weight is 349 g/mol. The van der Waals surface area contributed by atoms with Crippen molar-refractivity contribution in [1.82, 2.24) is 15.5 Å². The number of aromatic amines is 1. The van der Waals surface area contributed by atoms with Crippen molar-refractivity contribution in [3.05, 3.63) is 29.3 Å². The number of halogens is 1. The Morgan fingerprint density at radius 2 is 2.17 bits per heavy atom. The number of carbonyl (C=O) groups excluding carboxylic acids is 2. The van der Waals surface area contributed by atoms with E-state index in [1.807, 2.05) is 0 Å². The molecule has 1 aromatic heterocycles. The maximum Gasteiger partial charge on any atom is 0.244 e. The highest BCUT2D eigenvalue weighted by molar-refractivity contribution is 6.31. The second-order valence-electron chi connectivity index (χ2n) is 5.55. The number of hydrogen-bond donors (Lipinski definition) is 3. The molecular formula is C16H17ClN4O3. The molecule has 1 aliphatic rings. The molecule has 2 amide bonds. The van der Waals surface area contributed by atoms with Crippen molar-refractivity contribution in [2.75, 3.05) is 19.0 Å². The van der Waals surface area contributed by atoms with Crippen LogP contribution in [0.5, 0.6) is 5.75 Å². The molecule has 0 saturated heterocycles. The van der Waals surface area contributed by atoms with Gasteiger partial charge in [0.1, 0.15) is 5.75 Å². The van der Waals surface area contributed by atoms with Crippen LogP contribution in [0.15, 0.2) is 24.3 Å². The lowest BCUT2D eigenvalue weighted by atomic mass is 10.1. The Labute approximate surface area is 143 Å². The molecule has 1 heterocycles. The maximum absolute atomic E-state index is 11.9. The van der Waals surface area contributed by atoms with E-state index in [0.717, 1.165) is 18.4 Å². The molecular weight excluding hydrogens is 332 g/mol. The molecule has 8 heteroatoms. The number of benzene rings is 1. The van der Waals surface area contributed by atoms with E-state index in [1.54, 1.807) is 31.4 Å². The molecule has 0 spiro atoms. The van der Waals surface area contributed by atoms with Crippen LogP contribution in [0, 0.1) is 5.92 Å². The standard InChI is InChI=1S/C16H17ClN4O3/c1-24-13-5-4-10(17)6-11(13)12-7-14(21-20-12)19-15(22)8-18-16(23)9-2-3-9/h4-7,9H,2-3,8H2,1H3,(H,18,23)(H2,19,20,21,22). The van der Waals surface area contributed by atoms with Crippen molar-refractivity contribution in [3.8, 4) is 17.0 Å². The first-order valence-corrected chi connectivity index (χ1v) is 7.91.